The third kappa shape index (κ3) is 5.54. The molecule has 0 atom stereocenters. The molecule has 0 N–H and O–H groups in total. The van der Waals surface area contributed by atoms with Crippen LogP contribution in [0.1, 0.15) is 11.1 Å². The Balaban J connectivity index is 1.00. The van der Waals surface area contributed by atoms with Crippen molar-refractivity contribution < 1.29 is 0 Å². The number of rotatable bonds is 6. The summed E-state index contributed by atoms with van der Waals surface area (Å²) in [7, 11) is 0. The van der Waals surface area contributed by atoms with E-state index in [1.165, 1.54) is 75.8 Å². The molecule has 10 aromatic rings. The maximum absolute atomic E-state index is 5.30. The molecular formula is C52H33N3S. The molecule has 0 saturated carbocycles. The fourth-order valence-electron chi connectivity index (χ4n) is 8.32. The van der Waals surface area contributed by atoms with Crippen LogP contribution in [0.25, 0.3) is 98.8 Å². The van der Waals surface area contributed by atoms with Gasteiger partial charge in [-0.1, -0.05) is 170 Å². The first-order chi connectivity index (χ1) is 27.7. The van der Waals surface area contributed by atoms with Crippen LogP contribution in [0, 0.1) is 0 Å². The molecule has 0 fully saturated rings. The lowest BCUT2D eigenvalue weighted by Crippen LogP contribution is -2.02. The zero-order valence-electron chi connectivity index (χ0n) is 30.4. The zero-order chi connectivity index (χ0) is 37.0. The van der Waals surface area contributed by atoms with Gasteiger partial charge in [-0.25, -0.2) is 15.0 Å². The van der Waals surface area contributed by atoms with Crippen LogP contribution in [0.15, 0.2) is 188 Å². The van der Waals surface area contributed by atoms with Gasteiger partial charge in [-0.15, -0.1) is 11.3 Å². The fourth-order valence-corrected chi connectivity index (χ4v) is 9.54. The highest BCUT2D eigenvalue weighted by molar-refractivity contribution is 7.26. The molecule has 0 amide bonds. The minimum absolute atomic E-state index is 0.672. The van der Waals surface area contributed by atoms with Crippen molar-refractivity contribution in [2.24, 2.45) is 0 Å². The molecule has 0 spiro atoms. The van der Waals surface area contributed by atoms with Crippen LogP contribution in [-0.4, -0.2) is 15.0 Å². The van der Waals surface area contributed by atoms with Gasteiger partial charge in [0.25, 0.3) is 0 Å². The van der Waals surface area contributed by atoms with E-state index in [2.05, 4.69) is 170 Å². The van der Waals surface area contributed by atoms with Crippen LogP contribution < -0.4 is 0 Å². The van der Waals surface area contributed by atoms with Gasteiger partial charge in [0, 0.05) is 43.3 Å². The lowest BCUT2D eigenvalue weighted by molar-refractivity contribution is 1.07. The average molecular weight is 732 g/mol. The first kappa shape index (κ1) is 32.4. The Morgan fingerprint density at radius 1 is 0.321 bits per heavy atom. The summed E-state index contributed by atoms with van der Waals surface area (Å²) < 4.78 is 2.45. The Bertz CT molecular complexity index is 3090. The van der Waals surface area contributed by atoms with Gasteiger partial charge in [-0.3, -0.25) is 0 Å². The third-order valence-electron chi connectivity index (χ3n) is 11.0. The summed E-state index contributed by atoms with van der Waals surface area (Å²) in [4.78, 5) is 15.6. The van der Waals surface area contributed by atoms with E-state index < -0.39 is 0 Å². The second kappa shape index (κ2) is 13.4. The SMILES string of the molecule is c1ccc(-c2ccc(-c3cccc(-c4cccc5c4Cc4c(-c6nc(-c7ccccc7)nc(-c7cccc8c7sc7ccccc78)n6)cccc4-5)c3)cc2)cc1. The Hall–Kier alpha value is -7.01. The van der Waals surface area contributed by atoms with E-state index in [1.54, 1.807) is 11.3 Å². The van der Waals surface area contributed by atoms with Gasteiger partial charge in [-0.2, -0.15) is 0 Å². The van der Waals surface area contributed by atoms with Gasteiger partial charge in [-0.05, 0) is 73.8 Å². The van der Waals surface area contributed by atoms with Crippen LogP contribution in [-0.2, 0) is 6.42 Å². The molecule has 2 heterocycles. The van der Waals surface area contributed by atoms with E-state index >= 15 is 0 Å². The molecule has 4 heteroatoms. The summed E-state index contributed by atoms with van der Waals surface area (Å²) in [5.74, 6) is 2.05. The van der Waals surface area contributed by atoms with Gasteiger partial charge in [0.15, 0.2) is 17.5 Å². The molecule has 8 aromatic carbocycles. The Morgan fingerprint density at radius 3 is 1.57 bits per heavy atom. The predicted octanol–water partition coefficient (Wildman–Crippen LogP) is 13.8. The Morgan fingerprint density at radius 2 is 0.804 bits per heavy atom. The maximum Gasteiger partial charge on any atom is 0.165 e. The van der Waals surface area contributed by atoms with Crippen molar-refractivity contribution >= 4 is 31.5 Å². The van der Waals surface area contributed by atoms with E-state index in [4.69, 9.17) is 15.0 Å². The monoisotopic (exact) mass is 731 g/mol. The molecular weight excluding hydrogens is 699 g/mol. The molecule has 0 saturated heterocycles. The second-order valence-electron chi connectivity index (χ2n) is 14.3. The molecule has 0 bridgehead atoms. The first-order valence-corrected chi connectivity index (χ1v) is 19.8. The van der Waals surface area contributed by atoms with Crippen molar-refractivity contribution in [1.82, 2.24) is 15.0 Å². The van der Waals surface area contributed by atoms with E-state index in [-0.39, 0.29) is 0 Å². The topological polar surface area (TPSA) is 38.7 Å². The molecule has 1 aliphatic carbocycles. The smallest absolute Gasteiger partial charge is 0.165 e. The van der Waals surface area contributed by atoms with Crippen molar-refractivity contribution in [2.45, 2.75) is 6.42 Å². The summed E-state index contributed by atoms with van der Waals surface area (Å²) in [6.07, 6.45) is 0.792. The maximum atomic E-state index is 5.30. The second-order valence-corrected chi connectivity index (χ2v) is 15.4. The van der Waals surface area contributed by atoms with Gasteiger partial charge in [0.05, 0.1) is 0 Å². The quantitative estimate of drug-likeness (QED) is 0.171. The van der Waals surface area contributed by atoms with Crippen molar-refractivity contribution in [2.75, 3.05) is 0 Å². The summed E-state index contributed by atoms with van der Waals surface area (Å²) in [5.41, 5.74) is 15.4. The summed E-state index contributed by atoms with van der Waals surface area (Å²) >= 11 is 1.80. The molecule has 0 unspecified atom stereocenters. The van der Waals surface area contributed by atoms with Gasteiger partial charge < -0.3 is 0 Å². The number of aromatic nitrogens is 3. The number of fused-ring (bicyclic) bond motifs is 6. The van der Waals surface area contributed by atoms with E-state index in [9.17, 15) is 0 Å². The van der Waals surface area contributed by atoms with Crippen molar-refractivity contribution in [3.05, 3.63) is 199 Å². The summed E-state index contributed by atoms with van der Waals surface area (Å²) in [6, 6.07) is 67.0. The minimum Gasteiger partial charge on any atom is -0.208 e. The molecule has 2 aromatic heterocycles. The van der Waals surface area contributed by atoms with Crippen molar-refractivity contribution in [3.63, 3.8) is 0 Å². The standard InChI is InChI=1S/C52H33N3S/c1-3-13-33(14-4-1)34-27-29-35(30-28-34)37-17-9-18-38(31-37)39-20-10-21-40-41-22-11-24-44(47(41)32-46(39)40)51-53-50(36-15-5-2-6-16-36)54-52(55-51)45-25-12-23-43-42-19-7-8-26-48(42)56-49(43)45/h1-31H,32H2. The lowest BCUT2D eigenvalue weighted by atomic mass is 9.93. The Labute approximate surface area is 329 Å². The normalized spacial score (nSPS) is 11.9. The predicted molar refractivity (Wildman–Crippen MR) is 234 cm³/mol. The number of hydrogen-bond donors (Lipinski definition) is 0. The Kier molecular flexibility index (Phi) is 7.75. The summed E-state index contributed by atoms with van der Waals surface area (Å²) in [6.45, 7) is 0. The average Bonchev–Trinajstić information content (AvgIpc) is 3.86. The summed E-state index contributed by atoms with van der Waals surface area (Å²) in [5, 5.41) is 2.48. The largest absolute Gasteiger partial charge is 0.208 e. The molecule has 11 rings (SSSR count). The van der Waals surface area contributed by atoms with Crippen LogP contribution in [0.5, 0.6) is 0 Å². The molecule has 0 radical (unpaired) electrons. The number of benzene rings is 8. The number of hydrogen-bond acceptors (Lipinski definition) is 4. The van der Waals surface area contributed by atoms with Gasteiger partial charge in [0.1, 0.15) is 0 Å². The van der Waals surface area contributed by atoms with E-state index in [1.807, 2.05) is 18.2 Å². The van der Waals surface area contributed by atoms with Crippen LogP contribution in [0.2, 0.25) is 0 Å². The van der Waals surface area contributed by atoms with Crippen LogP contribution >= 0.6 is 11.3 Å². The zero-order valence-corrected chi connectivity index (χ0v) is 31.2. The van der Waals surface area contributed by atoms with E-state index in [0.717, 1.165) is 23.1 Å². The molecule has 0 aliphatic heterocycles. The van der Waals surface area contributed by atoms with Gasteiger partial charge >= 0.3 is 0 Å². The minimum atomic E-state index is 0.672. The van der Waals surface area contributed by atoms with Gasteiger partial charge in [0.2, 0.25) is 0 Å². The van der Waals surface area contributed by atoms with Crippen LogP contribution in [0.3, 0.4) is 0 Å². The van der Waals surface area contributed by atoms with Crippen molar-refractivity contribution in [3.8, 4) is 78.7 Å². The highest BCUT2D eigenvalue weighted by Crippen LogP contribution is 2.46. The number of nitrogens with zero attached hydrogens (tertiary/aromatic N) is 3. The van der Waals surface area contributed by atoms with Crippen LogP contribution in [0.4, 0.5) is 0 Å². The molecule has 3 nitrogen and oxygen atoms in total. The number of thiophene rings is 1. The first-order valence-electron chi connectivity index (χ1n) is 19.0. The molecule has 56 heavy (non-hydrogen) atoms. The van der Waals surface area contributed by atoms with E-state index in [0.29, 0.717) is 17.5 Å². The molecule has 1 aliphatic rings. The highest BCUT2D eigenvalue weighted by atomic mass is 32.1. The lowest BCUT2D eigenvalue weighted by Gasteiger charge is -2.12. The fraction of sp³-hybridized carbons (Fsp3) is 0.0192. The highest BCUT2D eigenvalue weighted by Gasteiger charge is 2.26. The molecule has 262 valence electrons. The third-order valence-corrected chi connectivity index (χ3v) is 12.3. The van der Waals surface area contributed by atoms with Crippen molar-refractivity contribution in [1.29, 1.82) is 0 Å².